The quantitative estimate of drug-likeness (QED) is 0.893. The lowest BCUT2D eigenvalue weighted by molar-refractivity contribution is 0.0644. The van der Waals surface area contributed by atoms with Crippen LogP contribution in [0.25, 0.3) is 0 Å². The molecule has 4 nitrogen and oxygen atoms in total. The predicted octanol–water partition coefficient (Wildman–Crippen LogP) is 1.82. The summed E-state index contributed by atoms with van der Waals surface area (Å²) in [5, 5.41) is 3.33. The van der Waals surface area contributed by atoms with Gasteiger partial charge >= 0.3 is 0 Å². The highest BCUT2D eigenvalue weighted by molar-refractivity contribution is 5.95. The van der Waals surface area contributed by atoms with E-state index in [1.807, 2.05) is 24.1 Å². The van der Waals surface area contributed by atoms with Crippen LogP contribution < -0.4 is 5.32 Å². The van der Waals surface area contributed by atoms with E-state index in [4.69, 9.17) is 0 Å². The second-order valence-electron chi connectivity index (χ2n) is 6.02. The monoisotopic (exact) mass is 273 g/mol. The lowest BCUT2D eigenvalue weighted by atomic mass is 10.0. The minimum atomic E-state index is 0.153. The number of piperidine rings is 1. The number of carbonyl (C=O) groups is 1. The normalized spacial score (nSPS) is 22.2. The van der Waals surface area contributed by atoms with Crippen molar-refractivity contribution in [1.29, 1.82) is 0 Å². The molecule has 0 bridgehead atoms. The smallest absolute Gasteiger partial charge is 0.253 e. The number of hydrogen-bond donors (Lipinski definition) is 1. The zero-order valence-electron chi connectivity index (χ0n) is 12.4. The molecule has 4 heteroatoms. The van der Waals surface area contributed by atoms with Crippen LogP contribution in [-0.2, 0) is 6.42 Å². The molecule has 1 unspecified atom stereocenters. The SMILES string of the molecule is CN1CCCC(N(C)C(=O)c2ccc3c(c2)CCN3)C1. The molecule has 1 aromatic carbocycles. The summed E-state index contributed by atoms with van der Waals surface area (Å²) in [6.45, 7) is 3.11. The zero-order chi connectivity index (χ0) is 14.1. The molecule has 3 rings (SSSR count). The van der Waals surface area contributed by atoms with Crippen molar-refractivity contribution >= 4 is 11.6 Å². The van der Waals surface area contributed by atoms with Gasteiger partial charge in [0.05, 0.1) is 0 Å². The summed E-state index contributed by atoms with van der Waals surface area (Å²) < 4.78 is 0. The van der Waals surface area contributed by atoms with Crippen LogP contribution in [0.1, 0.15) is 28.8 Å². The van der Waals surface area contributed by atoms with Gasteiger partial charge in [0.2, 0.25) is 0 Å². The van der Waals surface area contributed by atoms with Gasteiger partial charge in [0.1, 0.15) is 0 Å². The standard InChI is InChI=1S/C16H23N3O/c1-18-9-3-4-14(11-18)19(2)16(20)13-5-6-15-12(10-13)7-8-17-15/h5-6,10,14,17H,3-4,7-9,11H2,1-2H3. The number of benzene rings is 1. The van der Waals surface area contributed by atoms with Crippen molar-refractivity contribution in [3.8, 4) is 0 Å². The van der Waals surface area contributed by atoms with E-state index in [0.717, 1.165) is 38.0 Å². The van der Waals surface area contributed by atoms with Crippen molar-refractivity contribution in [2.75, 3.05) is 39.0 Å². The van der Waals surface area contributed by atoms with E-state index >= 15 is 0 Å². The molecule has 1 saturated heterocycles. The molecule has 1 amide bonds. The number of carbonyl (C=O) groups excluding carboxylic acids is 1. The Morgan fingerprint density at radius 1 is 1.45 bits per heavy atom. The van der Waals surface area contributed by atoms with Gasteiger partial charge in [-0.1, -0.05) is 0 Å². The molecule has 2 heterocycles. The lowest BCUT2D eigenvalue weighted by Gasteiger charge is -2.36. The van der Waals surface area contributed by atoms with Gasteiger partial charge < -0.3 is 15.1 Å². The highest BCUT2D eigenvalue weighted by Crippen LogP contribution is 2.24. The number of likely N-dealkylation sites (N-methyl/N-ethyl adjacent to an activating group) is 2. The van der Waals surface area contributed by atoms with E-state index in [1.54, 1.807) is 0 Å². The Morgan fingerprint density at radius 2 is 2.30 bits per heavy atom. The number of nitrogens with one attached hydrogen (secondary N) is 1. The molecule has 0 aromatic heterocycles. The fourth-order valence-electron chi connectivity index (χ4n) is 3.26. The number of rotatable bonds is 2. The summed E-state index contributed by atoms with van der Waals surface area (Å²) in [6, 6.07) is 6.38. The molecule has 108 valence electrons. The Balaban J connectivity index is 1.74. The first-order valence-electron chi connectivity index (χ1n) is 7.47. The lowest BCUT2D eigenvalue weighted by Crippen LogP contribution is -2.47. The number of likely N-dealkylation sites (tertiary alicyclic amines) is 1. The van der Waals surface area contributed by atoms with Gasteiger partial charge in [-0.25, -0.2) is 0 Å². The molecule has 1 atom stereocenters. The molecular weight excluding hydrogens is 250 g/mol. The molecule has 1 aromatic rings. The molecule has 0 radical (unpaired) electrons. The van der Waals surface area contributed by atoms with Gasteiger partial charge in [-0.3, -0.25) is 4.79 Å². The van der Waals surface area contributed by atoms with Gasteiger partial charge in [0.25, 0.3) is 5.91 Å². The van der Waals surface area contributed by atoms with Crippen LogP contribution in [-0.4, -0.2) is 55.5 Å². The number of fused-ring (bicyclic) bond motifs is 1. The summed E-state index contributed by atoms with van der Waals surface area (Å²) >= 11 is 0. The first kappa shape index (κ1) is 13.4. The van der Waals surface area contributed by atoms with Gasteiger partial charge in [-0.05, 0) is 56.6 Å². The molecule has 2 aliphatic rings. The van der Waals surface area contributed by atoms with Crippen LogP contribution in [0.3, 0.4) is 0 Å². The summed E-state index contributed by atoms with van der Waals surface area (Å²) in [4.78, 5) is 16.9. The van der Waals surface area contributed by atoms with Gasteiger partial charge in [-0.2, -0.15) is 0 Å². The van der Waals surface area contributed by atoms with Crippen molar-refractivity contribution in [3.05, 3.63) is 29.3 Å². The molecule has 1 N–H and O–H groups in total. The third kappa shape index (κ3) is 2.52. The molecule has 1 fully saturated rings. The van der Waals surface area contributed by atoms with E-state index in [0.29, 0.717) is 6.04 Å². The predicted molar refractivity (Wildman–Crippen MR) is 81.2 cm³/mol. The number of nitrogens with zero attached hydrogens (tertiary/aromatic N) is 2. The topological polar surface area (TPSA) is 35.6 Å². The molecule has 2 aliphatic heterocycles. The molecule has 20 heavy (non-hydrogen) atoms. The van der Waals surface area contributed by atoms with Crippen molar-refractivity contribution < 1.29 is 4.79 Å². The van der Waals surface area contributed by atoms with Crippen molar-refractivity contribution in [3.63, 3.8) is 0 Å². The zero-order valence-corrected chi connectivity index (χ0v) is 12.4. The molecular formula is C16H23N3O. The van der Waals surface area contributed by atoms with Crippen LogP contribution in [0.5, 0.6) is 0 Å². The molecule has 0 saturated carbocycles. The maximum absolute atomic E-state index is 12.6. The van der Waals surface area contributed by atoms with E-state index < -0.39 is 0 Å². The van der Waals surface area contributed by atoms with Crippen molar-refractivity contribution in [1.82, 2.24) is 9.80 Å². The Hall–Kier alpha value is -1.55. The highest BCUT2D eigenvalue weighted by atomic mass is 16.2. The maximum atomic E-state index is 12.6. The first-order valence-corrected chi connectivity index (χ1v) is 7.47. The van der Waals surface area contributed by atoms with E-state index in [-0.39, 0.29) is 5.91 Å². The Labute approximate surface area is 120 Å². The Morgan fingerprint density at radius 3 is 3.10 bits per heavy atom. The second-order valence-corrected chi connectivity index (χ2v) is 6.02. The number of hydrogen-bond acceptors (Lipinski definition) is 3. The molecule has 0 aliphatic carbocycles. The van der Waals surface area contributed by atoms with Crippen LogP contribution in [0.4, 0.5) is 5.69 Å². The second kappa shape index (κ2) is 5.44. The Kier molecular flexibility index (Phi) is 3.66. The average molecular weight is 273 g/mol. The summed E-state index contributed by atoms with van der Waals surface area (Å²) in [5.74, 6) is 0.153. The van der Waals surface area contributed by atoms with Crippen molar-refractivity contribution in [2.24, 2.45) is 0 Å². The largest absolute Gasteiger partial charge is 0.384 e. The first-order chi connectivity index (χ1) is 9.65. The number of amides is 1. The third-order valence-corrected chi connectivity index (χ3v) is 4.53. The minimum absolute atomic E-state index is 0.153. The van der Waals surface area contributed by atoms with E-state index in [9.17, 15) is 4.79 Å². The van der Waals surface area contributed by atoms with Crippen LogP contribution in [0.15, 0.2) is 18.2 Å². The highest BCUT2D eigenvalue weighted by Gasteiger charge is 2.25. The Bertz CT molecular complexity index is 514. The van der Waals surface area contributed by atoms with Crippen LogP contribution in [0.2, 0.25) is 0 Å². The fraction of sp³-hybridized carbons (Fsp3) is 0.562. The van der Waals surface area contributed by atoms with Crippen molar-refractivity contribution in [2.45, 2.75) is 25.3 Å². The fourth-order valence-corrected chi connectivity index (χ4v) is 3.26. The minimum Gasteiger partial charge on any atom is -0.384 e. The third-order valence-electron chi connectivity index (χ3n) is 4.53. The average Bonchev–Trinajstić information content (AvgIpc) is 2.93. The maximum Gasteiger partial charge on any atom is 0.253 e. The van der Waals surface area contributed by atoms with Gasteiger partial charge in [0, 0.05) is 37.4 Å². The number of anilines is 1. The summed E-state index contributed by atoms with van der Waals surface area (Å²) in [5.41, 5.74) is 3.27. The van der Waals surface area contributed by atoms with E-state index in [1.165, 1.54) is 17.7 Å². The molecule has 0 spiro atoms. The summed E-state index contributed by atoms with van der Waals surface area (Å²) in [6.07, 6.45) is 3.30. The van der Waals surface area contributed by atoms with E-state index in [2.05, 4.69) is 23.3 Å². The van der Waals surface area contributed by atoms with Gasteiger partial charge in [0.15, 0.2) is 0 Å². The van der Waals surface area contributed by atoms with Crippen LogP contribution in [0, 0.1) is 0 Å². The van der Waals surface area contributed by atoms with Crippen LogP contribution >= 0.6 is 0 Å². The summed E-state index contributed by atoms with van der Waals surface area (Å²) in [7, 11) is 4.07. The van der Waals surface area contributed by atoms with Gasteiger partial charge in [-0.15, -0.1) is 0 Å².